The molecule has 1 aromatic rings. The number of rotatable bonds is 0. The van der Waals surface area contributed by atoms with Crippen molar-refractivity contribution >= 4 is 7.82 Å². The number of hydrogen-bond acceptors (Lipinski definition) is 3. The van der Waals surface area contributed by atoms with Gasteiger partial charge in [0, 0.05) is 6.42 Å². The molecule has 0 spiro atoms. The summed E-state index contributed by atoms with van der Waals surface area (Å²) in [5.74, 6) is 1.39. The molecule has 118 valence electrons. The Balaban J connectivity index is 2.19. The topological polar surface area (TPSA) is 55.8 Å². The fourth-order valence-electron chi connectivity index (χ4n) is 3.36. The molecule has 1 aromatic carbocycles. The predicted molar refractivity (Wildman–Crippen MR) is 85.7 cm³/mol. The maximum Gasteiger partial charge on any atom is 0.584 e. The third-order valence-corrected chi connectivity index (χ3v) is 4.91. The van der Waals surface area contributed by atoms with Crippen LogP contribution >= 0.6 is 7.82 Å². The van der Waals surface area contributed by atoms with Gasteiger partial charge < -0.3 is 9.05 Å². The lowest BCUT2D eigenvalue weighted by Gasteiger charge is -2.29. The zero-order chi connectivity index (χ0) is 16.1. The Morgan fingerprint density at radius 2 is 1.95 bits per heavy atom. The van der Waals surface area contributed by atoms with E-state index < -0.39 is 7.82 Å². The van der Waals surface area contributed by atoms with Crippen LogP contribution in [0.5, 0.6) is 5.75 Å². The summed E-state index contributed by atoms with van der Waals surface area (Å²) in [6.07, 6.45) is 3.61. The number of hydrogen-bond donors (Lipinski definition) is 1. The van der Waals surface area contributed by atoms with Crippen molar-refractivity contribution in [2.45, 2.75) is 40.5 Å². The Morgan fingerprint density at radius 3 is 2.68 bits per heavy atom. The van der Waals surface area contributed by atoms with Gasteiger partial charge in [-0.1, -0.05) is 30.7 Å². The lowest BCUT2D eigenvalue weighted by Crippen LogP contribution is -2.14. The van der Waals surface area contributed by atoms with Crippen LogP contribution in [0.2, 0.25) is 0 Å². The van der Waals surface area contributed by atoms with Crippen LogP contribution in [0.4, 0.5) is 0 Å². The highest BCUT2D eigenvalue weighted by Gasteiger charge is 2.34. The van der Waals surface area contributed by atoms with Gasteiger partial charge in [0.2, 0.25) is 0 Å². The van der Waals surface area contributed by atoms with Crippen molar-refractivity contribution in [3.63, 3.8) is 0 Å². The largest absolute Gasteiger partial charge is 0.584 e. The number of benzene rings is 1. The van der Waals surface area contributed by atoms with Crippen LogP contribution < -0.4 is 4.52 Å². The zero-order valence-electron chi connectivity index (χ0n) is 13.3. The molecular formula is C17H21O4P. The molecule has 1 aliphatic heterocycles. The summed E-state index contributed by atoms with van der Waals surface area (Å²) >= 11 is 0. The third kappa shape index (κ3) is 2.86. The van der Waals surface area contributed by atoms with Crippen molar-refractivity contribution in [3.05, 3.63) is 51.8 Å². The Bertz CT molecular complexity index is 745. The Morgan fingerprint density at radius 1 is 1.23 bits per heavy atom. The van der Waals surface area contributed by atoms with Gasteiger partial charge in [-0.05, 0) is 55.4 Å². The van der Waals surface area contributed by atoms with Crippen molar-refractivity contribution in [1.29, 1.82) is 0 Å². The molecule has 0 bridgehead atoms. The van der Waals surface area contributed by atoms with Crippen molar-refractivity contribution in [1.82, 2.24) is 0 Å². The first-order valence-electron chi connectivity index (χ1n) is 7.48. The molecule has 2 unspecified atom stereocenters. The number of phosphoric acid groups is 1. The number of phosphoric ester groups is 1. The molecule has 1 heterocycles. The summed E-state index contributed by atoms with van der Waals surface area (Å²) in [5, 5.41) is 0. The normalized spacial score (nSPS) is 27.7. The SMILES string of the molecule is CC1=C2OP(=O)(O)Oc3c(C)cc(C)cc3CC2=CC(C)C1. The summed E-state index contributed by atoms with van der Waals surface area (Å²) in [6, 6.07) is 3.96. The van der Waals surface area contributed by atoms with Crippen LogP contribution in [0.1, 0.15) is 37.0 Å². The van der Waals surface area contributed by atoms with E-state index in [1.54, 1.807) is 0 Å². The van der Waals surface area contributed by atoms with Gasteiger partial charge >= 0.3 is 7.82 Å². The number of fused-ring (bicyclic) bond motifs is 2. The number of allylic oxidation sites excluding steroid dienone is 3. The van der Waals surface area contributed by atoms with Crippen molar-refractivity contribution < 1.29 is 18.5 Å². The quantitative estimate of drug-likeness (QED) is 0.710. The Kier molecular flexibility index (Phi) is 3.70. The van der Waals surface area contributed by atoms with Gasteiger partial charge in [0.05, 0.1) is 0 Å². The molecule has 2 aliphatic rings. The summed E-state index contributed by atoms with van der Waals surface area (Å²) in [6.45, 7) is 7.99. The van der Waals surface area contributed by atoms with Gasteiger partial charge in [0.1, 0.15) is 11.5 Å². The second kappa shape index (κ2) is 5.29. The molecule has 2 atom stereocenters. The smallest absolute Gasteiger partial charge is 0.395 e. The maximum atomic E-state index is 12.3. The molecular weight excluding hydrogens is 299 g/mol. The van der Waals surface area contributed by atoms with Crippen LogP contribution in [0.15, 0.2) is 35.1 Å². The second-order valence-electron chi connectivity index (χ2n) is 6.38. The van der Waals surface area contributed by atoms with Gasteiger partial charge in [-0.3, -0.25) is 4.89 Å². The first-order valence-corrected chi connectivity index (χ1v) is 8.97. The van der Waals surface area contributed by atoms with E-state index in [0.717, 1.165) is 34.3 Å². The lowest BCUT2D eigenvalue weighted by molar-refractivity contribution is 0.244. The molecule has 0 fully saturated rings. The molecule has 0 saturated carbocycles. The summed E-state index contributed by atoms with van der Waals surface area (Å²) in [5.41, 5.74) is 4.86. The van der Waals surface area contributed by atoms with E-state index >= 15 is 0 Å². The zero-order valence-corrected chi connectivity index (χ0v) is 14.2. The van der Waals surface area contributed by atoms with E-state index in [-0.39, 0.29) is 0 Å². The average Bonchev–Trinajstić information content (AvgIpc) is 2.36. The van der Waals surface area contributed by atoms with Gasteiger partial charge in [-0.2, -0.15) is 0 Å². The highest BCUT2D eigenvalue weighted by Crippen LogP contribution is 2.53. The lowest BCUT2D eigenvalue weighted by atomic mass is 9.87. The second-order valence-corrected chi connectivity index (χ2v) is 7.68. The average molecular weight is 320 g/mol. The Labute approximate surface area is 131 Å². The Hall–Kier alpha value is -1.51. The van der Waals surface area contributed by atoms with E-state index in [2.05, 4.69) is 13.0 Å². The van der Waals surface area contributed by atoms with E-state index in [1.165, 1.54) is 0 Å². The molecule has 0 saturated heterocycles. The minimum absolute atomic E-state index is 0.398. The van der Waals surface area contributed by atoms with Crippen LogP contribution in [0, 0.1) is 19.8 Å². The molecule has 0 radical (unpaired) electrons. The molecule has 0 amide bonds. The monoisotopic (exact) mass is 320 g/mol. The van der Waals surface area contributed by atoms with E-state index in [4.69, 9.17) is 9.05 Å². The highest BCUT2D eigenvalue weighted by atomic mass is 31.2. The molecule has 22 heavy (non-hydrogen) atoms. The fourth-order valence-corrected chi connectivity index (χ4v) is 4.40. The molecule has 4 nitrogen and oxygen atoms in total. The molecule has 5 heteroatoms. The predicted octanol–water partition coefficient (Wildman–Crippen LogP) is 4.60. The molecule has 1 N–H and O–H groups in total. The molecule has 1 aliphatic carbocycles. The first-order chi connectivity index (χ1) is 10.2. The van der Waals surface area contributed by atoms with E-state index in [0.29, 0.717) is 23.8 Å². The van der Waals surface area contributed by atoms with Crippen LogP contribution in [0.25, 0.3) is 0 Å². The molecule has 0 aromatic heterocycles. The van der Waals surface area contributed by atoms with Gasteiger partial charge in [0.15, 0.2) is 0 Å². The van der Waals surface area contributed by atoms with Crippen LogP contribution in [-0.4, -0.2) is 4.89 Å². The molecule has 3 rings (SSSR count). The summed E-state index contributed by atoms with van der Waals surface area (Å²) in [7, 11) is -4.18. The minimum Gasteiger partial charge on any atom is -0.395 e. The first kappa shape index (κ1) is 15.4. The van der Waals surface area contributed by atoms with Crippen LogP contribution in [-0.2, 0) is 15.5 Å². The standard InChI is InChI=1S/C17H21O4P/c1-10-5-12(3)16-14(7-10)9-15-8-11(2)6-13(4)17(15)21-22(18,19)20-16/h5,7-8,11H,6,9H2,1-4H3,(H,18,19). The minimum atomic E-state index is -4.18. The third-order valence-electron chi connectivity index (χ3n) is 4.08. The van der Waals surface area contributed by atoms with Gasteiger partial charge in [-0.15, -0.1) is 0 Å². The van der Waals surface area contributed by atoms with Crippen molar-refractivity contribution in [2.24, 2.45) is 5.92 Å². The summed E-state index contributed by atoms with van der Waals surface area (Å²) < 4.78 is 23.1. The van der Waals surface area contributed by atoms with Gasteiger partial charge in [0.25, 0.3) is 0 Å². The summed E-state index contributed by atoms with van der Waals surface area (Å²) in [4.78, 5) is 10.1. The highest BCUT2D eigenvalue weighted by molar-refractivity contribution is 7.48. The van der Waals surface area contributed by atoms with E-state index in [9.17, 15) is 9.46 Å². The van der Waals surface area contributed by atoms with Crippen molar-refractivity contribution in [3.8, 4) is 5.75 Å². The van der Waals surface area contributed by atoms with Gasteiger partial charge in [-0.25, -0.2) is 4.57 Å². The maximum absolute atomic E-state index is 12.3. The van der Waals surface area contributed by atoms with E-state index in [1.807, 2.05) is 32.9 Å². The fraction of sp³-hybridized carbons (Fsp3) is 0.412. The van der Waals surface area contributed by atoms with Crippen LogP contribution in [0.3, 0.4) is 0 Å². The number of aryl methyl sites for hydroxylation is 2. The van der Waals surface area contributed by atoms with Crippen molar-refractivity contribution in [2.75, 3.05) is 0 Å².